The highest BCUT2D eigenvalue weighted by atomic mass is 35.5. The van der Waals surface area contributed by atoms with Crippen molar-refractivity contribution in [2.24, 2.45) is 0 Å². The first-order valence-corrected chi connectivity index (χ1v) is 12.0. The first kappa shape index (κ1) is 25.7. The Morgan fingerprint density at radius 1 is 1.08 bits per heavy atom. The van der Waals surface area contributed by atoms with Crippen molar-refractivity contribution in [2.75, 3.05) is 4.72 Å². The van der Waals surface area contributed by atoms with Crippen LogP contribution in [0.15, 0.2) is 71.8 Å². The van der Waals surface area contributed by atoms with Crippen LogP contribution in [0.25, 0.3) is 22.0 Å². The van der Waals surface area contributed by atoms with Gasteiger partial charge in [0, 0.05) is 22.0 Å². The summed E-state index contributed by atoms with van der Waals surface area (Å²) in [6.07, 6.45) is -3.50. The molecule has 0 saturated carbocycles. The number of pyridine rings is 1. The Balaban J connectivity index is 1.83. The zero-order valence-electron chi connectivity index (χ0n) is 19.1. The molecule has 0 amide bonds. The number of carbonyl (C=O) groups is 1. The number of alkyl halides is 3. The predicted octanol–water partition coefficient (Wildman–Crippen LogP) is 8.39. The van der Waals surface area contributed by atoms with Crippen LogP contribution in [-0.2, 0) is 0 Å². The van der Waals surface area contributed by atoms with Gasteiger partial charge in [0.25, 0.3) is 0 Å². The molecule has 0 aliphatic carbocycles. The number of anilines is 1. The average molecular weight is 533 g/mol. The number of carboxylic acids is 1. The van der Waals surface area contributed by atoms with Crippen LogP contribution in [-0.4, -0.2) is 22.4 Å². The molecule has 0 unspecified atom stereocenters. The molecule has 0 fully saturated rings. The topological polar surface area (TPSA) is 71.5 Å². The maximum absolute atomic E-state index is 13.0. The van der Waals surface area contributed by atoms with E-state index in [1.165, 1.54) is 41.9 Å². The summed E-state index contributed by atoms with van der Waals surface area (Å²) in [5.41, 5.74) is 2.36. The number of rotatable bonds is 7. The highest BCUT2D eigenvalue weighted by Gasteiger charge is 2.33. The zero-order valence-corrected chi connectivity index (χ0v) is 20.6. The summed E-state index contributed by atoms with van der Waals surface area (Å²) >= 11 is 7.75. The summed E-state index contributed by atoms with van der Waals surface area (Å²) in [7, 11) is 0. The Morgan fingerprint density at radius 2 is 1.81 bits per heavy atom. The molecule has 0 atom stereocenters. The van der Waals surface area contributed by atoms with Crippen LogP contribution >= 0.6 is 23.5 Å². The predicted molar refractivity (Wildman–Crippen MR) is 136 cm³/mol. The lowest BCUT2D eigenvalue weighted by molar-refractivity contribution is -0.274. The van der Waals surface area contributed by atoms with Gasteiger partial charge >= 0.3 is 12.3 Å². The normalized spacial score (nSPS) is 11.6. The average Bonchev–Trinajstić information content (AvgIpc) is 2.83. The van der Waals surface area contributed by atoms with Crippen LogP contribution in [0.3, 0.4) is 0 Å². The molecular weight excluding hydrogens is 513 g/mol. The van der Waals surface area contributed by atoms with Gasteiger partial charge in [0.1, 0.15) is 5.75 Å². The summed E-state index contributed by atoms with van der Waals surface area (Å²) in [5.74, 6) is -1.38. The van der Waals surface area contributed by atoms with Crippen molar-refractivity contribution < 1.29 is 27.8 Å². The molecule has 0 spiro atoms. The summed E-state index contributed by atoms with van der Waals surface area (Å²) in [6.45, 7) is 4.18. The maximum atomic E-state index is 13.0. The molecule has 1 heterocycles. The van der Waals surface area contributed by atoms with Crippen molar-refractivity contribution in [2.45, 2.75) is 31.0 Å². The Hall–Kier alpha value is -3.43. The fraction of sp³-hybridized carbons (Fsp3) is 0.154. The van der Waals surface area contributed by atoms with Crippen molar-refractivity contribution >= 4 is 46.1 Å². The number of nitrogens with zero attached hydrogens (tertiary/aromatic N) is 1. The highest BCUT2D eigenvalue weighted by molar-refractivity contribution is 8.00. The first-order valence-electron chi connectivity index (χ1n) is 10.8. The summed E-state index contributed by atoms with van der Waals surface area (Å²) in [4.78, 5) is 16.8. The van der Waals surface area contributed by atoms with Gasteiger partial charge in [-0.25, -0.2) is 4.79 Å². The van der Waals surface area contributed by atoms with Crippen molar-refractivity contribution in [3.63, 3.8) is 0 Å². The molecule has 2 N–H and O–H groups in total. The number of aromatic nitrogens is 1. The minimum Gasteiger partial charge on any atom is -0.478 e. The van der Waals surface area contributed by atoms with E-state index in [1.807, 2.05) is 24.3 Å². The Bertz CT molecular complexity index is 1430. The number of ether oxygens (including phenoxy) is 1. The lowest BCUT2D eigenvalue weighted by Crippen LogP contribution is -2.17. The van der Waals surface area contributed by atoms with Crippen molar-refractivity contribution in [3.05, 3.63) is 83.0 Å². The Labute approximate surface area is 214 Å². The number of aromatic carboxylic acids is 1. The SMILES string of the molecule is CC(C)c1ccc(SNc2ccc(OC(F)(F)F)c(Cl)c2-c2ccc(C(=O)O)c3ncccc23)cc1. The lowest BCUT2D eigenvalue weighted by Gasteiger charge is -2.19. The van der Waals surface area contributed by atoms with Gasteiger partial charge in [-0.05, 0) is 65.4 Å². The highest BCUT2D eigenvalue weighted by Crippen LogP contribution is 2.46. The molecule has 10 heteroatoms. The minimum absolute atomic E-state index is 0.0395. The molecule has 1 aromatic heterocycles. The molecule has 5 nitrogen and oxygen atoms in total. The molecule has 3 aromatic carbocycles. The summed E-state index contributed by atoms with van der Waals surface area (Å²) < 4.78 is 46.4. The molecule has 36 heavy (non-hydrogen) atoms. The van der Waals surface area contributed by atoms with Crippen LogP contribution in [0.5, 0.6) is 5.75 Å². The van der Waals surface area contributed by atoms with E-state index in [0.29, 0.717) is 22.6 Å². The largest absolute Gasteiger partial charge is 0.573 e. The van der Waals surface area contributed by atoms with Gasteiger partial charge in [-0.1, -0.05) is 49.7 Å². The van der Waals surface area contributed by atoms with Crippen molar-refractivity contribution in [3.8, 4) is 16.9 Å². The van der Waals surface area contributed by atoms with Gasteiger partial charge < -0.3 is 14.6 Å². The fourth-order valence-corrected chi connectivity index (χ4v) is 4.68. The molecule has 4 aromatic rings. The molecular formula is C26H20ClF3N2O3S. The quantitative estimate of drug-likeness (QED) is 0.233. The van der Waals surface area contributed by atoms with E-state index in [0.717, 1.165) is 11.0 Å². The van der Waals surface area contributed by atoms with Gasteiger partial charge in [0.2, 0.25) is 0 Å². The maximum Gasteiger partial charge on any atom is 0.573 e. The molecule has 0 radical (unpaired) electrons. The second-order valence-corrected chi connectivity index (χ2v) is 9.40. The fourth-order valence-electron chi connectivity index (χ4n) is 3.71. The standard InChI is InChI=1S/C26H20ClF3N2O3S/c1-14(2)15-5-7-16(8-6-15)36-32-20-11-12-21(35-26(28,29)30)23(27)22(20)17-9-10-19(25(33)34)24-18(17)4-3-13-31-24/h3-14,32H,1-2H3,(H,33,34). The first-order chi connectivity index (χ1) is 17.0. The number of fused-ring (bicyclic) bond motifs is 1. The molecule has 0 bridgehead atoms. The van der Waals surface area contributed by atoms with E-state index in [9.17, 15) is 23.1 Å². The van der Waals surface area contributed by atoms with E-state index in [4.69, 9.17) is 11.6 Å². The van der Waals surface area contributed by atoms with Gasteiger partial charge in [-0.2, -0.15) is 0 Å². The van der Waals surface area contributed by atoms with Gasteiger partial charge in [0.05, 0.1) is 21.8 Å². The van der Waals surface area contributed by atoms with Crippen LogP contribution < -0.4 is 9.46 Å². The second-order valence-electron chi connectivity index (χ2n) is 8.14. The Morgan fingerprint density at radius 3 is 2.44 bits per heavy atom. The number of carboxylic acid groups (broad SMARTS) is 1. The Kier molecular flexibility index (Phi) is 7.33. The third-order valence-corrected chi connectivity index (χ3v) is 6.63. The number of benzene rings is 3. The molecule has 0 aliphatic heterocycles. The molecule has 0 saturated heterocycles. The molecule has 4 rings (SSSR count). The van der Waals surface area contributed by atoms with Crippen LogP contribution in [0.2, 0.25) is 5.02 Å². The second kappa shape index (κ2) is 10.3. The number of halogens is 4. The van der Waals surface area contributed by atoms with Crippen molar-refractivity contribution in [1.29, 1.82) is 0 Å². The van der Waals surface area contributed by atoms with E-state index >= 15 is 0 Å². The van der Waals surface area contributed by atoms with E-state index in [-0.39, 0.29) is 21.7 Å². The monoisotopic (exact) mass is 532 g/mol. The smallest absolute Gasteiger partial charge is 0.478 e. The number of hydrogen-bond donors (Lipinski definition) is 2. The van der Waals surface area contributed by atoms with E-state index < -0.39 is 18.1 Å². The minimum atomic E-state index is -4.94. The molecule has 186 valence electrons. The van der Waals surface area contributed by atoms with Crippen LogP contribution in [0.4, 0.5) is 18.9 Å². The van der Waals surface area contributed by atoms with E-state index in [2.05, 4.69) is 28.3 Å². The summed E-state index contributed by atoms with van der Waals surface area (Å²) in [6, 6.07) is 16.6. The number of nitrogens with one attached hydrogen (secondary N) is 1. The number of hydrogen-bond acceptors (Lipinski definition) is 5. The van der Waals surface area contributed by atoms with Crippen LogP contribution in [0, 0.1) is 0 Å². The summed E-state index contributed by atoms with van der Waals surface area (Å²) in [5, 5.41) is 9.70. The van der Waals surface area contributed by atoms with Gasteiger partial charge in [-0.15, -0.1) is 13.2 Å². The van der Waals surface area contributed by atoms with Gasteiger partial charge in [0.15, 0.2) is 0 Å². The zero-order chi connectivity index (χ0) is 26.0. The third kappa shape index (κ3) is 5.52. The molecule has 0 aliphatic rings. The van der Waals surface area contributed by atoms with Crippen LogP contribution in [0.1, 0.15) is 35.7 Å². The van der Waals surface area contributed by atoms with Crippen molar-refractivity contribution in [1.82, 2.24) is 4.98 Å². The lowest BCUT2D eigenvalue weighted by atomic mass is 9.96. The third-order valence-electron chi connectivity index (χ3n) is 5.43. The van der Waals surface area contributed by atoms with Gasteiger partial charge in [-0.3, -0.25) is 4.98 Å². The van der Waals surface area contributed by atoms with E-state index in [1.54, 1.807) is 12.1 Å².